The number of hydrogen-bond acceptors (Lipinski definition) is 3. The second-order valence-electron chi connectivity index (χ2n) is 3.93. The predicted molar refractivity (Wildman–Crippen MR) is 67.3 cm³/mol. The van der Waals surface area contributed by atoms with Crippen LogP contribution in [0, 0.1) is 0 Å². The molecule has 0 fully saturated rings. The van der Waals surface area contributed by atoms with Crippen LogP contribution in [-0.2, 0) is 0 Å². The summed E-state index contributed by atoms with van der Waals surface area (Å²) in [6.07, 6.45) is -3.83. The lowest BCUT2D eigenvalue weighted by Crippen LogP contribution is -2.41. The van der Waals surface area contributed by atoms with Gasteiger partial charge in [-0.05, 0) is 18.7 Å². The van der Waals surface area contributed by atoms with Crippen LogP contribution in [0.5, 0.6) is 11.5 Å². The molecular weight excluding hydrogens is 302 g/mol. The summed E-state index contributed by atoms with van der Waals surface area (Å²) >= 11 is 5.87. The van der Waals surface area contributed by atoms with Gasteiger partial charge in [0, 0.05) is 11.1 Å². The molecule has 0 aliphatic heterocycles. The van der Waals surface area contributed by atoms with E-state index in [1.54, 1.807) is 0 Å². The lowest BCUT2D eigenvalue weighted by molar-refractivity contribution is -0.150. The first-order valence-corrected chi connectivity index (χ1v) is 5.92. The average Bonchev–Trinajstić information content (AvgIpc) is 2.40. The Balaban J connectivity index is 3.36. The summed E-state index contributed by atoms with van der Waals surface area (Å²) in [5.41, 5.74) is -0.197. The molecule has 1 N–H and O–H groups in total. The first-order valence-electron chi connectivity index (χ1n) is 5.54. The highest BCUT2D eigenvalue weighted by atomic mass is 35.5. The molecule has 0 heterocycles. The van der Waals surface area contributed by atoms with E-state index in [1.165, 1.54) is 20.3 Å². The number of methoxy groups -OCH3 is 2. The molecule has 0 saturated heterocycles. The van der Waals surface area contributed by atoms with Gasteiger partial charge in [0.2, 0.25) is 0 Å². The van der Waals surface area contributed by atoms with Crippen LogP contribution >= 0.6 is 11.6 Å². The van der Waals surface area contributed by atoms with Gasteiger partial charge >= 0.3 is 12.3 Å². The minimum atomic E-state index is -4.28. The topological polar surface area (TPSA) is 30.5 Å². The quantitative estimate of drug-likeness (QED) is 0.815. The van der Waals surface area contributed by atoms with Crippen molar-refractivity contribution in [1.82, 2.24) is 5.32 Å². The van der Waals surface area contributed by atoms with E-state index in [-0.39, 0.29) is 22.1 Å². The maximum absolute atomic E-state index is 13.6. The highest BCUT2D eigenvalue weighted by molar-refractivity contribution is 6.31. The third-order valence-electron chi connectivity index (χ3n) is 2.78. The zero-order chi connectivity index (χ0) is 15.5. The molecule has 3 nitrogen and oxygen atoms in total. The number of rotatable bonds is 6. The third kappa shape index (κ3) is 3.09. The molecule has 0 aliphatic rings. The Hall–Kier alpha value is -1.21. The standard InChI is InChI=1S/C12H14ClF4NO2/c1-18-10(12(16,17)11(14)15)6-4-8(19-2)9(20-3)5-7(6)13/h4-5,10-11,18H,1-3H3. The minimum Gasteiger partial charge on any atom is -0.493 e. The fourth-order valence-electron chi connectivity index (χ4n) is 1.77. The van der Waals surface area contributed by atoms with Crippen molar-refractivity contribution in [3.05, 3.63) is 22.7 Å². The highest BCUT2D eigenvalue weighted by Crippen LogP contribution is 2.42. The van der Waals surface area contributed by atoms with Crippen molar-refractivity contribution in [3.63, 3.8) is 0 Å². The molecule has 0 aromatic heterocycles. The summed E-state index contributed by atoms with van der Waals surface area (Å²) in [7, 11) is 3.79. The van der Waals surface area contributed by atoms with E-state index >= 15 is 0 Å². The van der Waals surface area contributed by atoms with Gasteiger partial charge in [-0.1, -0.05) is 11.6 Å². The van der Waals surface area contributed by atoms with Gasteiger partial charge in [0.05, 0.1) is 14.2 Å². The van der Waals surface area contributed by atoms with Gasteiger partial charge in [-0.25, -0.2) is 8.78 Å². The molecule has 1 atom stereocenters. The Morgan fingerprint density at radius 1 is 1.15 bits per heavy atom. The van der Waals surface area contributed by atoms with Crippen molar-refractivity contribution in [2.24, 2.45) is 0 Å². The van der Waals surface area contributed by atoms with Gasteiger partial charge in [-0.2, -0.15) is 8.78 Å². The second-order valence-corrected chi connectivity index (χ2v) is 4.33. The molecule has 1 aromatic carbocycles. The van der Waals surface area contributed by atoms with Crippen molar-refractivity contribution < 1.29 is 27.0 Å². The van der Waals surface area contributed by atoms with Crippen molar-refractivity contribution in [1.29, 1.82) is 0 Å². The molecule has 20 heavy (non-hydrogen) atoms. The van der Waals surface area contributed by atoms with Gasteiger partial charge in [0.15, 0.2) is 11.5 Å². The normalized spacial score (nSPS) is 13.4. The summed E-state index contributed by atoms with van der Waals surface area (Å²) in [6, 6.07) is 0.440. The Morgan fingerprint density at radius 2 is 1.65 bits per heavy atom. The van der Waals surface area contributed by atoms with E-state index in [4.69, 9.17) is 21.1 Å². The number of hydrogen-bond donors (Lipinski definition) is 1. The lowest BCUT2D eigenvalue weighted by atomic mass is 10.00. The van der Waals surface area contributed by atoms with E-state index in [0.717, 1.165) is 13.1 Å². The number of ether oxygens (including phenoxy) is 2. The maximum Gasteiger partial charge on any atom is 0.326 e. The average molecular weight is 316 g/mol. The molecule has 0 aliphatic carbocycles. The van der Waals surface area contributed by atoms with Gasteiger partial charge in [0.25, 0.3) is 0 Å². The van der Waals surface area contributed by atoms with Crippen LogP contribution in [0.2, 0.25) is 5.02 Å². The highest BCUT2D eigenvalue weighted by Gasteiger charge is 2.49. The van der Waals surface area contributed by atoms with Crippen LogP contribution in [0.1, 0.15) is 11.6 Å². The van der Waals surface area contributed by atoms with Gasteiger partial charge in [0.1, 0.15) is 6.04 Å². The fourth-order valence-corrected chi connectivity index (χ4v) is 2.04. The second kappa shape index (κ2) is 6.49. The minimum absolute atomic E-state index is 0.122. The van der Waals surface area contributed by atoms with Crippen LogP contribution in [-0.4, -0.2) is 33.6 Å². The Bertz CT molecular complexity index is 471. The molecule has 8 heteroatoms. The third-order valence-corrected chi connectivity index (χ3v) is 3.11. The molecule has 0 spiro atoms. The van der Waals surface area contributed by atoms with Crippen molar-refractivity contribution in [3.8, 4) is 11.5 Å². The lowest BCUT2D eigenvalue weighted by Gasteiger charge is -2.27. The zero-order valence-electron chi connectivity index (χ0n) is 11.0. The van der Waals surface area contributed by atoms with E-state index in [0.29, 0.717) is 0 Å². The molecule has 0 radical (unpaired) electrons. The summed E-state index contributed by atoms with van der Waals surface area (Å²) in [4.78, 5) is 0. The zero-order valence-corrected chi connectivity index (χ0v) is 11.8. The van der Waals surface area contributed by atoms with Crippen LogP contribution in [0.15, 0.2) is 12.1 Å². The van der Waals surface area contributed by atoms with Crippen LogP contribution in [0.25, 0.3) is 0 Å². The van der Waals surface area contributed by atoms with E-state index in [9.17, 15) is 17.6 Å². The molecule has 1 rings (SSSR count). The predicted octanol–water partition coefficient (Wildman–Crippen LogP) is 3.52. The SMILES string of the molecule is CNC(c1cc(OC)c(OC)cc1Cl)C(F)(F)C(F)F. The summed E-state index contributed by atoms with van der Waals surface area (Å²) in [5.74, 6) is -3.94. The van der Waals surface area contributed by atoms with Crippen LogP contribution < -0.4 is 14.8 Å². The number of benzene rings is 1. The Kier molecular flexibility index (Phi) is 5.47. The Morgan fingerprint density at radius 3 is 2.05 bits per heavy atom. The van der Waals surface area contributed by atoms with Crippen molar-refractivity contribution in [2.45, 2.75) is 18.4 Å². The summed E-state index contributed by atoms with van der Waals surface area (Å²) in [5, 5.41) is 2.04. The first-order chi connectivity index (χ1) is 9.29. The number of alkyl halides is 4. The monoisotopic (exact) mass is 315 g/mol. The summed E-state index contributed by atoms with van der Waals surface area (Å²) < 4.78 is 62.0. The Labute approximate surface area is 118 Å². The van der Waals surface area contributed by atoms with E-state index in [1.807, 2.05) is 0 Å². The van der Waals surface area contributed by atoms with Gasteiger partial charge in [-0.15, -0.1) is 0 Å². The van der Waals surface area contributed by atoms with Crippen LogP contribution in [0.3, 0.4) is 0 Å². The molecule has 0 bridgehead atoms. The van der Waals surface area contributed by atoms with E-state index in [2.05, 4.69) is 5.32 Å². The fraction of sp³-hybridized carbons (Fsp3) is 0.500. The van der Waals surface area contributed by atoms with Crippen molar-refractivity contribution in [2.75, 3.05) is 21.3 Å². The molecule has 1 unspecified atom stereocenters. The van der Waals surface area contributed by atoms with Crippen LogP contribution in [0.4, 0.5) is 17.6 Å². The van der Waals surface area contributed by atoms with Gasteiger partial charge in [-0.3, -0.25) is 0 Å². The van der Waals surface area contributed by atoms with Gasteiger partial charge < -0.3 is 14.8 Å². The van der Waals surface area contributed by atoms with E-state index < -0.39 is 18.4 Å². The molecular formula is C12H14ClF4NO2. The number of halogens is 5. The summed E-state index contributed by atoms with van der Waals surface area (Å²) in [6.45, 7) is 0. The molecule has 1 aromatic rings. The van der Waals surface area contributed by atoms with Crippen molar-refractivity contribution >= 4 is 11.6 Å². The maximum atomic E-state index is 13.6. The first kappa shape index (κ1) is 16.8. The largest absolute Gasteiger partial charge is 0.493 e. The molecule has 0 amide bonds. The molecule has 0 saturated carbocycles. The number of nitrogens with one attached hydrogen (secondary N) is 1. The molecule has 114 valence electrons. The smallest absolute Gasteiger partial charge is 0.326 e.